The van der Waals surface area contributed by atoms with Crippen molar-refractivity contribution in [3.63, 3.8) is 0 Å². The molecule has 0 saturated carbocycles. The van der Waals surface area contributed by atoms with Crippen molar-refractivity contribution in [2.45, 2.75) is 38.4 Å². The topological polar surface area (TPSA) is 41.1 Å². The number of amides is 1. The first-order valence-electron chi connectivity index (χ1n) is 7.34. The summed E-state index contributed by atoms with van der Waals surface area (Å²) in [6.45, 7) is 2.83. The maximum absolute atomic E-state index is 12.4. The van der Waals surface area contributed by atoms with Crippen LogP contribution in [0.25, 0.3) is 0 Å². The summed E-state index contributed by atoms with van der Waals surface area (Å²) in [6, 6.07) is 10.5. The predicted octanol–water partition coefficient (Wildman–Crippen LogP) is 2.51. The Kier molecular flexibility index (Phi) is 4.36. The Morgan fingerprint density at radius 3 is 2.95 bits per heavy atom. The predicted molar refractivity (Wildman–Crippen MR) is 86.4 cm³/mol. The van der Waals surface area contributed by atoms with Gasteiger partial charge in [-0.2, -0.15) is 11.3 Å². The van der Waals surface area contributed by atoms with Gasteiger partial charge in [-0.1, -0.05) is 24.3 Å². The summed E-state index contributed by atoms with van der Waals surface area (Å²) in [4.78, 5) is 12.4. The van der Waals surface area contributed by atoms with E-state index in [1.807, 2.05) is 12.1 Å². The van der Waals surface area contributed by atoms with E-state index in [0.29, 0.717) is 0 Å². The fraction of sp³-hybridized carbons (Fsp3) is 0.353. The monoisotopic (exact) mass is 300 g/mol. The molecule has 0 spiro atoms. The van der Waals surface area contributed by atoms with Crippen molar-refractivity contribution >= 4 is 17.2 Å². The molecule has 3 nitrogen and oxygen atoms in total. The van der Waals surface area contributed by atoms with Crippen LogP contribution < -0.4 is 10.6 Å². The third-order valence-electron chi connectivity index (χ3n) is 3.91. The highest BCUT2D eigenvalue weighted by molar-refractivity contribution is 7.07. The van der Waals surface area contributed by atoms with Crippen LogP contribution in [0.3, 0.4) is 0 Å². The summed E-state index contributed by atoms with van der Waals surface area (Å²) < 4.78 is 0. The number of rotatable bonds is 4. The quantitative estimate of drug-likeness (QED) is 0.911. The highest BCUT2D eigenvalue weighted by Crippen LogP contribution is 2.16. The molecule has 1 aromatic heterocycles. The lowest BCUT2D eigenvalue weighted by Gasteiger charge is -2.26. The molecule has 0 radical (unpaired) electrons. The van der Waals surface area contributed by atoms with Gasteiger partial charge in [-0.25, -0.2) is 0 Å². The number of thiophene rings is 1. The van der Waals surface area contributed by atoms with Crippen LogP contribution in [-0.2, 0) is 24.2 Å². The minimum Gasteiger partial charge on any atom is -0.352 e. The van der Waals surface area contributed by atoms with E-state index in [1.54, 1.807) is 11.3 Å². The molecule has 1 aromatic carbocycles. The maximum atomic E-state index is 12.4. The minimum absolute atomic E-state index is 0.104. The van der Waals surface area contributed by atoms with Crippen LogP contribution >= 0.6 is 11.3 Å². The zero-order valence-electron chi connectivity index (χ0n) is 12.1. The standard InChI is InChI=1S/C17H20N2OS/c1-12(8-13-6-7-21-11-13)19-17(20)16-9-14-4-2-3-5-15(14)10-18-16/h2-7,11-12,16,18H,8-10H2,1H3,(H,19,20)/t12?,16-/m0/s1. The van der Waals surface area contributed by atoms with Crippen LogP contribution in [0.4, 0.5) is 0 Å². The molecule has 0 saturated heterocycles. The van der Waals surface area contributed by atoms with Gasteiger partial charge in [0.2, 0.25) is 5.91 Å². The van der Waals surface area contributed by atoms with E-state index in [0.717, 1.165) is 19.4 Å². The van der Waals surface area contributed by atoms with Gasteiger partial charge < -0.3 is 10.6 Å². The molecule has 1 unspecified atom stereocenters. The molecule has 3 rings (SSSR count). The molecule has 4 heteroatoms. The van der Waals surface area contributed by atoms with Gasteiger partial charge >= 0.3 is 0 Å². The molecule has 21 heavy (non-hydrogen) atoms. The Bertz CT molecular complexity index is 609. The van der Waals surface area contributed by atoms with Crippen LogP contribution in [0.15, 0.2) is 41.1 Å². The second-order valence-electron chi connectivity index (χ2n) is 5.65. The lowest BCUT2D eigenvalue weighted by molar-refractivity contribution is -0.123. The molecule has 0 aliphatic carbocycles. The second kappa shape index (κ2) is 6.41. The van der Waals surface area contributed by atoms with Gasteiger partial charge in [0.15, 0.2) is 0 Å². The van der Waals surface area contributed by atoms with Crippen molar-refractivity contribution in [3.8, 4) is 0 Å². The lowest BCUT2D eigenvalue weighted by Crippen LogP contribution is -2.50. The molecular formula is C17H20N2OS. The average Bonchev–Trinajstić information content (AvgIpc) is 2.99. The molecule has 110 valence electrons. The summed E-state index contributed by atoms with van der Waals surface area (Å²) in [5.41, 5.74) is 3.87. The first kappa shape index (κ1) is 14.3. The zero-order chi connectivity index (χ0) is 14.7. The van der Waals surface area contributed by atoms with Gasteiger partial charge in [-0.3, -0.25) is 4.79 Å². The summed E-state index contributed by atoms with van der Waals surface area (Å²) >= 11 is 1.70. The highest BCUT2D eigenvalue weighted by atomic mass is 32.1. The highest BCUT2D eigenvalue weighted by Gasteiger charge is 2.24. The van der Waals surface area contributed by atoms with E-state index in [4.69, 9.17) is 0 Å². The van der Waals surface area contributed by atoms with Gasteiger partial charge in [0.05, 0.1) is 6.04 Å². The van der Waals surface area contributed by atoms with E-state index in [2.05, 4.69) is 46.5 Å². The van der Waals surface area contributed by atoms with Crippen LogP contribution in [0, 0.1) is 0 Å². The number of hydrogen-bond donors (Lipinski definition) is 2. The van der Waals surface area contributed by atoms with Gasteiger partial charge in [-0.15, -0.1) is 0 Å². The van der Waals surface area contributed by atoms with Crippen molar-refractivity contribution in [2.24, 2.45) is 0 Å². The third kappa shape index (κ3) is 3.52. The minimum atomic E-state index is -0.121. The number of hydrogen-bond acceptors (Lipinski definition) is 3. The van der Waals surface area contributed by atoms with Crippen LogP contribution in [0.2, 0.25) is 0 Å². The van der Waals surface area contributed by atoms with Gasteiger partial charge in [-0.05, 0) is 53.3 Å². The first-order chi connectivity index (χ1) is 10.2. The van der Waals surface area contributed by atoms with Crippen molar-refractivity contribution in [3.05, 3.63) is 57.8 Å². The van der Waals surface area contributed by atoms with Gasteiger partial charge in [0, 0.05) is 12.6 Å². The lowest BCUT2D eigenvalue weighted by atomic mass is 9.95. The zero-order valence-corrected chi connectivity index (χ0v) is 13.0. The number of carbonyl (C=O) groups is 1. The number of carbonyl (C=O) groups excluding carboxylic acids is 1. The largest absolute Gasteiger partial charge is 0.352 e. The van der Waals surface area contributed by atoms with Crippen molar-refractivity contribution in [1.29, 1.82) is 0 Å². The van der Waals surface area contributed by atoms with Gasteiger partial charge in [0.25, 0.3) is 0 Å². The van der Waals surface area contributed by atoms with Gasteiger partial charge in [0.1, 0.15) is 0 Å². The Morgan fingerprint density at radius 1 is 1.38 bits per heavy atom. The Morgan fingerprint density at radius 2 is 2.19 bits per heavy atom. The van der Waals surface area contributed by atoms with E-state index in [1.165, 1.54) is 16.7 Å². The molecule has 0 bridgehead atoms. The molecule has 1 aliphatic heterocycles. The fourth-order valence-electron chi connectivity index (χ4n) is 2.80. The Hall–Kier alpha value is -1.65. The van der Waals surface area contributed by atoms with E-state index in [-0.39, 0.29) is 18.0 Å². The Balaban J connectivity index is 1.56. The normalized spacial score (nSPS) is 18.8. The van der Waals surface area contributed by atoms with E-state index >= 15 is 0 Å². The fourth-order valence-corrected chi connectivity index (χ4v) is 3.48. The smallest absolute Gasteiger partial charge is 0.237 e. The molecule has 2 N–H and O–H groups in total. The number of fused-ring (bicyclic) bond motifs is 1. The summed E-state index contributed by atoms with van der Waals surface area (Å²) in [5.74, 6) is 0.104. The third-order valence-corrected chi connectivity index (χ3v) is 4.64. The molecular weight excluding hydrogens is 280 g/mol. The average molecular weight is 300 g/mol. The van der Waals surface area contributed by atoms with E-state index in [9.17, 15) is 4.79 Å². The van der Waals surface area contributed by atoms with Crippen molar-refractivity contribution in [1.82, 2.24) is 10.6 Å². The number of nitrogens with one attached hydrogen (secondary N) is 2. The maximum Gasteiger partial charge on any atom is 0.237 e. The first-order valence-corrected chi connectivity index (χ1v) is 8.28. The van der Waals surface area contributed by atoms with E-state index < -0.39 is 0 Å². The second-order valence-corrected chi connectivity index (χ2v) is 6.43. The van der Waals surface area contributed by atoms with Crippen molar-refractivity contribution in [2.75, 3.05) is 0 Å². The van der Waals surface area contributed by atoms with Crippen LogP contribution in [0.1, 0.15) is 23.6 Å². The molecule has 1 aliphatic rings. The molecule has 1 amide bonds. The summed E-state index contributed by atoms with van der Waals surface area (Å²) in [7, 11) is 0. The summed E-state index contributed by atoms with van der Waals surface area (Å²) in [6.07, 6.45) is 1.66. The Labute approximate surface area is 129 Å². The molecule has 0 fully saturated rings. The number of benzene rings is 1. The van der Waals surface area contributed by atoms with Crippen molar-refractivity contribution < 1.29 is 4.79 Å². The molecule has 2 aromatic rings. The molecule has 2 heterocycles. The summed E-state index contributed by atoms with van der Waals surface area (Å²) in [5, 5.41) is 10.7. The van der Waals surface area contributed by atoms with Crippen LogP contribution in [0.5, 0.6) is 0 Å². The SMILES string of the molecule is CC(Cc1ccsc1)NC(=O)[C@@H]1Cc2ccccc2CN1. The molecule has 2 atom stereocenters. The van der Waals surface area contributed by atoms with Crippen LogP contribution in [-0.4, -0.2) is 18.0 Å².